The minimum atomic E-state index is -0.301. The van der Waals surface area contributed by atoms with Gasteiger partial charge in [-0.1, -0.05) is 244 Å². The molecule has 61 heavy (non-hydrogen) atoms. The average molecular weight is 847 g/mol. The third-order valence-corrected chi connectivity index (χ3v) is 12.2. The molecule has 0 amide bonds. The first-order chi connectivity index (χ1) is 30.0. The van der Waals surface area contributed by atoms with Gasteiger partial charge >= 0.3 is 0 Å². The molecule has 0 radical (unpaired) electrons. The first-order valence-electron chi connectivity index (χ1n) is 26.0. The van der Waals surface area contributed by atoms with Gasteiger partial charge in [-0.15, -0.1) is 0 Å². The van der Waals surface area contributed by atoms with E-state index < -0.39 is 0 Å². The molecule has 1 fully saturated rings. The van der Waals surface area contributed by atoms with Gasteiger partial charge in [0.05, 0.1) is 33.0 Å². The fraction of sp³-hybridized carbons (Fsp3) is 0.750. The van der Waals surface area contributed by atoms with Gasteiger partial charge in [-0.25, -0.2) is 0 Å². The maximum absolute atomic E-state index is 6.64. The molecule has 2 aromatic rings. The van der Waals surface area contributed by atoms with Crippen LogP contribution in [-0.4, -0.2) is 33.0 Å². The lowest BCUT2D eigenvalue weighted by atomic mass is 9.95. The Hall–Kier alpha value is -2.50. The SMILES string of the molecule is CCCCCCCCCCCCOc1cc(/C=C/c2ccc(C3OCC(C)(C)CO3)cc2)cc(OCCCCCCCCCCCC)c1OCCCCCCCCCCCC. The molecule has 5 nitrogen and oxygen atoms in total. The lowest BCUT2D eigenvalue weighted by molar-refractivity contribution is -0.226. The van der Waals surface area contributed by atoms with Crippen LogP contribution in [0.4, 0.5) is 0 Å². The molecular formula is C56H94O5. The van der Waals surface area contributed by atoms with E-state index in [9.17, 15) is 0 Å². The first kappa shape index (κ1) is 52.8. The smallest absolute Gasteiger partial charge is 0.203 e. The summed E-state index contributed by atoms with van der Waals surface area (Å²) in [5, 5.41) is 0. The highest BCUT2D eigenvalue weighted by molar-refractivity contribution is 5.72. The highest BCUT2D eigenvalue weighted by atomic mass is 16.7. The van der Waals surface area contributed by atoms with E-state index in [1.165, 1.54) is 173 Å². The summed E-state index contributed by atoms with van der Waals surface area (Å²) in [6.45, 7) is 14.7. The van der Waals surface area contributed by atoms with Gasteiger partial charge in [0, 0.05) is 11.0 Å². The predicted molar refractivity (Wildman–Crippen MR) is 262 cm³/mol. The van der Waals surface area contributed by atoms with Gasteiger partial charge in [-0.05, 0) is 42.5 Å². The number of rotatable bonds is 39. The Kier molecular flexibility index (Phi) is 30.3. The van der Waals surface area contributed by atoms with Crippen molar-refractivity contribution in [3.63, 3.8) is 0 Å². The van der Waals surface area contributed by atoms with E-state index in [0.29, 0.717) is 33.0 Å². The van der Waals surface area contributed by atoms with E-state index in [0.717, 1.165) is 53.2 Å². The van der Waals surface area contributed by atoms with Crippen LogP contribution < -0.4 is 14.2 Å². The third-order valence-electron chi connectivity index (χ3n) is 12.2. The number of unbranched alkanes of at least 4 members (excludes halogenated alkanes) is 27. The van der Waals surface area contributed by atoms with Crippen LogP contribution in [0.3, 0.4) is 0 Å². The van der Waals surface area contributed by atoms with Crippen LogP contribution >= 0.6 is 0 Å². The van der Waals surface area contributed by atoms with Crippen molar-refractivity contribution in [3.05, 3.63) is 53.1 Å². The Labute approximate surface area is 376 Å². The van der Waals surface area contributed by atoms with Crippen molar-refractivity contribution in [2.75, 3.05) is 33.0 Å². The molecule has 5 heteroatoms. The van der Waals surface area contributed by atoms with E-state index in [4.69, 9.17) is 23.7 Å². The van der Waals surface area contributed by atoms with Crippen molar-refractivity contribution in [3.8, 4) is 17.2 Å². The van der Waals surface area contributed by atoms with E-state index in [2.05, 4.69) is 83.2 Å². The molecule has 3 rings (SSSR count). The highest BCUT2D eigenvalue weighted by Gasteiger charge is 2.29. The van der Waals surface area contributed by atoms with E-state index >= 15 is 0 Å². The lowest BCUT2D eigenvalue weighted by Gasteiger charge is -2.34. The van der Waals surface area contributed by atoms with Crippen LogP contribution in [-0.2, 0) is 9.47 Å². The zero-order valence-electron chi connectivity index (χ0n) is 40.5. The summed E-state index contributed by atoms with van der Waals surface area (Å²) < 4.78 is 32.0. The van der Waals surface area contributed by atoms with Crippen molar-refractivity contribution in [2.24, 2.45) is 5.41 Å². The number of ether oxygens (including phenoxy) is 5. The zero-order chi connectivity index (χ0) is 43.5. The topological polar surface area (TPSA) is 46.2 Å². The molecule has 1 saturated heterocycles. The monoisotopic (exact) mass is 847 g/mol. The average Bonchev–Trinajstić information content (AvgIpc) is 3.26. The Morgan fingerprint density at radius 2 is 0.770 bits per heavy atom. The second-order valence-electron chi connectivity index (χ2n) is 19.1. The maximum atomic E-state index is 6.64. The van der Waals surface area contributed by atoms with Gasteiger partial charge in [-0.3, -0.25) is 0 Å². The fourth-order valence-electron chi connectivity index (χ4n) is 8.20. The van der Waals surface area contributed by atoms with Crippen molar-refractivity contribution < 1.29 is 23.7 Å². The molecule has 0 aliphatic carbocycles. The highest BCUT2D eigenvalue weighted by Crippen LogP contribution is 2.40. The summed E-state index contributed by atoms with van der Waals surface area (Å²) >= 11 is 0. The van der Waals surface area contributed by atoms with Gasteiger partial charge in [0.1, 0.15) is 0 Å². The van der Waals surface area contributed by atoms with E-state index in [1.54, 1.807) is 0 Å². The van der Waals surface area contributed by atoms with Crippen molar-refractivity contribution >= 4 is 12.2 Å². The molecule has 0 unspecified atom stereocenters. The van der Waals surface area contributed by atoms with Gasteiger partial charge < -0.3 is 23.7 Å². The van der Waals surface area contributed by atoms with Crippen LogP contribution in [0.1, 0.15) is 250 Å². The number of hydrogen-bond donors (Lipinski definition) is 0. The van der Waals surface area contributed by atoms with Crippen molar-refractivity contribution in [1.82, 2.24) is 0 Å². The Morgan fingerprint density at radius 1 is 0.443 bits per heavy atom. The summed E-state index contributed by atoms with van der Waals surface area (Å²) in [6.07, 6.45) is 43.3. The van der Waals surface area contributed by atoms with Gasteiger partial charge in [0.15, 0.2) is 17.8 Å². The quantitative estimate of drug-likeness (QED) is 0.0495. The molecule has 0 N–H and O–H groups in total. The predicted octanol–water partition coefficient (Wildman–Crippen LogP) is 17.8. The molecule has 0 atom stereocenters. The van der Waals surface area contributed by atoms with Crippen LogP contribution in [0, 0.1) is 5.41 Å². The van der Waals surface area contributed by atoms with Crippen LogP contribution in [0.5, 0.6) is 17.2 Å². The summed E-state index contributed by atoms with van der Waals surface area (Å²) in [6, 6.07) is 12.9. The minimum Gasteiger partial charge on any atom is -0.490 e. The minimum absolute atomic E-state index is 0.0539. The standard InChI is InChI=1S/C56H94O5/c1-6-9-12-15-18-21-24-27-30-33-42-57-52-45-50(37-36-49-38-40-51(41-39-49)55-60-47-56(4,5)48-61-55)46-53(58-43-34-31-28-25-22-19-16-13-10-7-2)54(52)59-44-35-32-29-26-23-20-17-14-11-8-3/h36-41,45-46,55H,6-35,42-44,47-48H2,1-5H3/b37-36+. The Balaban J connectivity index is 1.66. The van der Waals surface area contributed by atoms with Crippen LogP contribution in [0.2, 0.25) is 0 Å². The van der Waals surface area contributed by atoms with Crippen molar-refractivity contribution in [2.45, 2.75) is 234 Å². The largest absolute Gasteiger partial charge is 0.490 e. The van der Waals surface area contributed by atoms with E-state index in [-0.39, 0.29) is 11.7 Å². The third kappa shape index (κ3) is 25.4. The molecule has 2 aromatic carbocycles. The summed E-state index contributed by atoms with van der Waals surface area (Å²) in [7, 11) is 0. The van der Waals surface area contributed by atoms with Gasteiger partial charge in [0.25, 0.3) is 0 Å². The summed E-state index contributed by atoms with van der Waals surface area (Å²) in [4.78, 5) is 0. The Bertz CT molecular complexity index is 1290. The number of benzene rings is 2. The second kappa shape index (κ2) is 34.9. The second-order valence-corrected chi connectivity index (χ2v) is 19.1. The maximum Gasteiger partial charge on any atom is 0.203 e. The fourth-order valence-corrected chi connectivity index (χ4v) is 8.20. The van der Waals surface area contributed by atoms with Crippen LogP contribution in [0.15, 0.2) is 36.4 Å². The molecule has 1 aliphatic rings. The molecule has 1 aliphatic heterocycles. The first-order valence-corrected chi connectivity index (χ1v) is 26.0. The molecule has 0 spiro atoms. The van der Waals surface area contributed by atoms with Crippen LogP contribution in [0.25, 0.3) is 12.2 Å². The van der Waals surface area contributed by atoms with Gasteiger partial charge in [-0.2, -0.15) is 0 Å². The number of hydrogen-bond acceptors (Lipinski definition) is 5. The molecule has 0 aromatic heterocycles. The molecule has 1 heterocycles. The molecule has 0 bridgehead atoms. The molecular weight excluding hydrogens is 753 g/mol. The van der Waals surface area contributed by atoms with Crippen molar-refractivity contribution in [1.29, 1.82) is 0 Å². The Morgan fingerprint density at radius 3 is 1.15 bits per heavy atom. The normalized spacial score (nSPS) is 14.2. The lowest BCUT2D eigenvalue weighted by Crippen LogP contribution is -2.33. The summed E-state index contributed by atoms with van der Waals surface area (Å²) in [5.41, 5.74) is 3.30. The zero-order valence-corrected chi connectivity index (χ0v) is 40.5. The van der Waals surface area contributed by atoms with Gasteiger partial charge in [0.2, 0.25) is 5.75 Å². The summed E-state index contributed by atoms with van der Waals surface area (Å²) in [5.74, 6) is 2.41. The molecule has 348 valence electrons. The molecule has 0 saturated carbocycles. The van der Waals surface area contributed by atoms with E-state index in [1.807, 2.05) is 0 Å².